The van der Waals surface area contributed by atoms with Crippen LogP contribution >= 0.6 is 0 Å². The van der Waals surface area contributed by atoms with Crippen molar-refractivity contribution in [2.45, 2.75) is 56.8 Å². The monoisotopic (exact) mass is 521 g/mol. The number of likely N-dealkylation sites (tertiary alicyclic amines) is 1. The van der Waals surface area contributed by atoms with E-state index in [-0.39, 0.29) is 29.0 Å². The van der Waals surface area contributed by atoms with E-state index in [0.29, 0.717) is 19.0 Å². The van der Waals surface area contributed by atoms with Crippen LogP contribution in [0.5, 0.6) is 0 Å². The maximum atomic E-state index is 13.3. The predicted octanol–water partition coefficient (Wildman–Crippen LogP) is 1.03. The van der Waals surface area contributed by atoms with Gasteiger partial charge in [0.15, 0.2) is 6.10 Å². The number of furan rings is 1. The van der Waals surface area contributed by atoms with Gasteiger partial charge in [0, 0.05) is 12.3 Å². The van der Waals surface area contributed by atoms with Crippen molar-refractivity contribution >= 4 is 5.97 Å². The van der Waals surface area contributed by atoms with Gasteiger partial charge in [0.2, 0.25) is 5.60 Å². The van der Waals surface area contributed by atoms with Crippen molar-refractivity contribution < 1.29 is 45.3 Å². The van der Waals surface area contributed by atoms with Crippen LogP contribution in [0.3, 0.4) is 0 Å². The lowest BCUT2D eigenvalue weighted by Gasteiger charge is -2.35. The lowest BCUT2D eigenvalue weighted by atomic mass is 9.75. The molecule has 2 fully saturated rings. The summed E-state index contributed by atoms with van der Waals surface area (Å²) >= 11 is 0. The van der Waals surface area contributed by atoms with E-state index in [9.17, 15) is 9.90 Å². The van der Waals surface area contributed by atoms with Crippen molar-refractivity contribution in [1.29, 1.82) is 0 Å². The standard InChI is InChI=1S/C26H36NO5.BrH/c1-27(16-18-30-20-21-9-4-2-5-10-21)15-14-23(19-27)32-25(28)26(29,24-13-8-17-31-24)22-11-6-3-7-12-22;/h2,4-5,8-10,13,17,22-23,29H,3,6-7,11-12,14-16,18-20H2,1H3;1H/q+1;/p-1/t23-,26?,27?;/m1./s1. The smallest absolute Gasteiger partial charge is 0.346 e. The van der Waals surface area contributed by atoms with Crippen LogP contribution in [0, 0.1) is 5.92 Å². The van der Waals surface area contributed by atoms with Gasteiger partial charge >= 0.3 is 5.97 Å². The molecule has 1 saturated heterocycles. The highest BCUT2D eigenvalue weighted by Crippen LogP contribution is 2.41. The minimum absolute atomic E-state index is 0. The molecule has 2 aromatic rings. The van der Waals surface area contributed by atoms with Crippen LogP contribution < -0.4 is 17.0 Å². The number of hydrogen-bond donors (Lipinski definition) is 1. The van der Waals surface area contributed by atoms with Gasteiger partial charge in [-0.05, 0) is 30.5 Å². The van der Waals surface area contributed by atoms with Crippen LogP contribution in [-0.2, 0) is 26.5 Å². The maximum Gasteiger partial charge on any atom is 0.346 e. The van der Waals surface area contributed by atoms with Gasteiger partial charge in [-0.3, -0.25) is 0 Å². The Hall–Kier alpha value is -1.67. The molecular formula is C26H36BrNO5. The normalized spacial score (nSPS) is 25.2. The van der Waals surface area contributed by atoms with Gasteiger partial charge in [-0.1, -0.05) is 49.6 Å². The third-order valence-electron chi connectivity index (χ3n) is 7.20. The zero-order valence-electron chi connectivity index (χ0n) is 19.5. The summed E-state index contributed by atoms with van der Waals surface area (Å²) in [5.74, 6) is -0.416. The number of esters is 1. The minimum Gasteiger partial charge on any atom is -1.00 e. The lowest BCUT2D eigenvalue weighted by molar-refractivity contribution is -0.899. The summed E-state index contributed by atoms with van der Waals surface area (Å²) in [7, 11) is 2.18. The number of likely N-dealkylation sites (N-methyl/N-ethyl adjacent to an activating group) is 1. The van der Waals surface area contributed by atoms with Crippen molar-refractivity contribution in [2.24, 2.45) is 5.92 Å². The summed E-state index contributed by atoms with van der Waals surface area (Å²) in [5, 5.41) is 11.5. The fourth-order valence-corrected chi connectivity index (χ4v) is 5.20. The van der Waals surface area contributed by atoms with Gasteiger partial charge in [-0.2, -0.15) is 0 Å². The third kappa shape index (κ3) is 6.27. The van der Waals surface area contributed by atoms with E-state index in [0.717, 1.165) is 62.6 Å². The first-order chi connectivity index (χ1) is 15.5. The fourth-order valence-electron chi connectivity index (χ4n) is 5.20. The Morgan fingerprint density at radius 1 is 1.12 bits per heavy atom. The molecular weight excluding hydrogens is 486 g/mol. The molecule has 6 nitrogen and oxygen atoms in total. The number of benzene rings is 1. The average molecular weight is 522 g/mol. The summed E-state index contributed by atoms with van der Waals surface area (Å²) in [6.45, 7) is 3.79. The Balaban J connectivity index is 0.00000306. The van der Waals surface area contributed by atoms with Crippen molar-refractivity contribution in [3.05, 3.63) is 60.1 Å². The number of quaternary nitrogens is 1. The predicted molar refractivity (Wildman–Crippen MR) is 121 cm³/mol. The Morgan fingerprint density at radius 3 is 2.58 bits per heavy atom. The molecule has 2 aliphatic rings. The number of nitrogens with zero attached hydrogens (tertiary/aromatic N) is 1. The number of halogens is 1. The minimum atomic E-state index is -1.70. The summed E-state index contributed by atoms with van der Waals surface area (Å²) in [6.07, 6.45) is 6.89. The molecule has 1 aliphatic carbocycles. The topological polar surface area (TPSA) is 68.9 Å². The quantitative estimate of drug-likeness (QED) is 0.303. The zero-order chi connectivity index (χ0) is 22.4. The number of hydrogen-bond acceptors (Lipinski definition) is 5. The summed E-state index contributed by atoms with van der Waals surface area (Å²) in [4.78, 5) is 13.3. The first-order valence-corrected chi connectivity index (χ1v) is 11.9. The highest BCUT2D eigenvalue weighted by molar-refractivity contribution is 5.81. The number of aliphatic hydroxyl groups is 1. The number of carbonyl (C=O) groups excluding carboxylic acids is 1. The summed E-state index contributed by atoms with van der Waals surface area (Å²) in [5.41, 5.74) is -0.530. The SMILES string of the molecule is C[N+]1(CCOCc2ccccc2)CC[C@@H](OC(=O)C(O)(c2ccco2)C2CCCCC2)C1.[Br-]. The summed E-state index contributed by atoms with van der Waals surface area (Å²) in [6, 6.07) is 13.6. The molecule has 1 saturated carbocycles. The molecule has 1 aromatic heterocycles. The molecule has 3 atom stereocenters. The van der Waals surface area contributed by atoms with Crippen molar-refractivity contribution in [2.75, 3.05) is 33.3 Å². The fraction of sp³-hybridized carbons (Fsp3) is 0.577. The van der Waals surface area contributed by atoms with Gasteiger partial charge in [-0.25, -0.2) is 4.79 Å². The zero-order valence-corrected chi connectivity index (χ0v) is 21.0. The van der Waals surface area contributed by atoms with E-state index in [1.807, 2.05) is 18.2 Å². The van der Waals surface area contributed by atoms with Gasteiger partial charge < -0.3 is 40.5 Å². The second-order valence-electron chi connectivity index (χ2n) is 9.68. The van der Waals surface area contributed by atoms with E-state index in [1.54, 1.807) is 12.1 Å². The van der Waals surface area contributed by atoms with E-state index >= 15 is 0 Å². The average Bonchev–Trinajstić information content (AvgIpc) is 3.48. The van der Waals surface area contributed by atoms with E-state index in [2.05, 4.69) is 19.2 Å². The summed E-state index contributed by atoms with van der Waals surface area (Å²) < 4.78 is 18.1. The Labute approximate surface area is 207 Å². The molecule has 0 amide bonds. The third-order valence-corrected chi connectivity index (χ3v) is 7.20. The second kappa shape index (κ2) is 11.6. The molecule has 1 aromatic carbocycles. The Kier molecular flexibility index (Phi) is 9.16. The molecule has 0 spiro atoms. The second-order valence-corrected chi connectivity index (χ2v) is 9.68. The highest BCUT2D eigenvalue weighted by atomic mass is 79.9. The number of rotatable bonds is 9. The van der Waals surface area contributed by atoms with Crippen LogP contribution in [0.15, 0.2) is 53.1 Å². The van der Waals surface area contributed by atoms with Crippen molar-refractivity contribution in [3.63, 3.8) is 0 Å². The van der Waals surface area contributed by atoms with Crippen molar-refractivity contribution in [1.82, 2.24) is 0 Å². The molecule has 0 bridgehead atoms. The van der Waals surface area contributed by atoms with Crippen molar-refractivity contribution in [3.8, 4) is 0 Å². The Morgan fingerprint density at radius 2 is 1.88 bits per heavy atom. The van der Waals surface area contributed by atoms with Gasteiger partial charge in [0.25, 0.3) is 0 Å². The van der Waals surface area contributed by atoms with E-state index in [1.165, 1.54) is 11.8 Å². The van der Waals surface area contributed by atoms with Crippen LogP contribution in [0.2, 0.25) is 0 Å². The van der Waals surface area contributed by atoms with Crippen LogP contribution in [0.4, 0.5) is 0 Å². The number of carbonyl (C=O) groups is 1. The molecule has 1 N–H and O–H groups in total. The molecule has 2 unspecified atom stereocenters. The molecule has 7 heteroatoms. The van der Waals surface area contributed by atoms with Crippen LogP contribution in [-0.4, -0.2) is 55.0 Å². The van der Waals surface area contributed by atoms with E-state index in [4.69, 9.17) is 13.9 Å². The van der Waals surface area contributed by atoms with E-state index < -0.39 is 11.6 Å². The molecule has 182 valence electrons. The number of ether oxygens (including phenoxy) is 2. The highest BCUT2D eigenvalue weighted by Gasteiger charge is 2.51. The Bertz CT molecular complexity index is 855. The molecule has 1 aliphatic heterocycles. The molecule has 2 heterocycles. The maximum absolute atomic E-state index is 13.3. The van der Waals surface area contributed by atoms with Gasteiger partial charge in [0.1, 0.15) is 18.8 Å². The lowest BCUT2D eigenvalue weighted by Crippen LogP contribution is -3.00. The van der Waals surface area contributed by atoms with Gasteiger partial charge in [-0.15, -0.1) is 0 Å². The first-order valence-electron chi connectivity index (χ1n) is 11.9. The first kappa shape index (κ1) is 25.9. The molecule has 33 heavy (non-hydrogen) atoms. The molecule has 4 rings (SSSR count). The van der Waals surface area contributed by atoms with Gasteiger partial charge in [0.05, 0.1) is 33.1 Å². The molecule has 0 radical (unpaired) electrons. The van der Waals surface area contributed by atoms with Crippen LogP contribution in [0.1, 0.15) is 49.8 Å². The van der Waals surface area contributed by atoms with Crippen LogP contribution in [0.25, 0.3) is 0 Å². The largest absolute Gasteiger partial charge is 1.00 e.